The summed E-state index contributed by atoms with van der Waals surface area (Å²) in [6.45, 7) is 3.22. The van der Waals surface area contributed by atoms with Crippen LogP contribution in [0.5, 0.6) is 0 Å². The van der Waals surface area contributed by atoms with E-state index in [4.69, 9.17) is 0 Å². The summed E-state index contributed by atoms with van der Waals surface area (Å²) in [6, 6.07) is 5.40. The van der Waals surface area contributed by atoms with Gasteiger partial charge >= 0.3 is 0 Å². The second-order valence-corrected chi connectivity index (χ2v) is 6.21. The minimum Gasteiger partial charge on any atom is -0.630 e. The number of quaternary nitrogens is 1. The number of fused-ring (bicyclic) bond motifs is 4. The molecular weight excluding hydrogens is 282 g/mol. The molecule has 1 amide bonds. The Bertz CT molecular complexity index is 705. The Hall–Kier alpha value is -1.96. The molecule has 5 rings (SSSR count). The number of carbonyl (C=O) groups excluding carboxylic acids is 1. The summed E-state index contributed by atoms with van der Waals surface area (Å²) in [5.41, 5.74) is 2.47. The number of amides is 1. The maximum Gasteiger partial charge on any atom is 0.272 e. The van der Waals surface area contributed by atoms with Gasteiger partial charge in [-0.25, -0.2) is 0 Å². The standard InChI is InChI=1S/C15H19N5O2/c21-15(16-13-8-20-5-3-9(13)4-6-20)14-11-7-10(19-22)1-2-12(11)17-18-14/h1-2,7,9,13H,3-6,8,19H2,(H,16,21)(H,17,18)/t13-/m0/s1. The van der Waals surface area contributed by atoms with Crippen LogP contribution in [0.25, 0.3) is 10.9 Å². The van der Waals surface area contributed by atoms with E-state index < -0.39 is 0 Å². The molecule has 7 nitrogen and oxygen atoms in total. The predicted octanol–water partition coefficient (Wildman–Crippen LogP) is 0.0796. The molecule has 1 aromatic carbocycles. The number of hydrogen-bond donors (Lipinski definition) is 3. The highest BCUT2D eigenvalue weighted by Crippen LogP contribution is 2.28. The zero-order chi connectivity index (χ0) is 15.1. The molecule has 2 bridgehead atoms. The summed E-state index contributed by atoms with van der Waals surface area (Å²) < 4.78 is 0. The van der Waals surface area contributed by atoms with E-state index >= 15 is 0 Å². The first-order chi connectivity index (χ1) is 10.7. The molecule has 4 heterocycles. The van der Waals surface area contributed by atoms with Gasteiger partial charge in [-0.3, -0.25) is 9.89 Å². The SMILES string of the molecule is O=C(N[C@H]1CN2CCC1CC2)c1n[nH]c2ccc([NH2+][O-])cc12. The van der Waals surface area contributed by atoms with Gasteiger partial charge in [0.25, 0.3) is 5.91 Å². The predicted molar refractivity (Wildman–Crippen MR) is 81.5 cm³/mol. The van der Waals surface area contributed by atoms with E-state index in [1.54, 1.807) is 18.2 Å². The second kappa shape index (κ2) is 5.35. The van der Waals surface area contributed by atoms with Crippen LogP contribution in [0.4, 0.5) is 5.69 Å². The minimum atomic E-state index is -0.159. The molecule has 0 aliphatic carbocycles. The van der Waals surface area contributed by atoms with Crippen molar-refractivity contribution >= 4 is 22.5 Å². The quantitative estimate of drug-likeness (QED) is 0.552. The summed E-state index contributed by atoms with van der Waals surface area (Å²) in [7, 11) is 0. The van der Waals surface area contributed by atoms with Crippen molar-refractivity contribution in [2.45, 2.75) is 18.9 Å². The molecule has 116 valence electrons. The number of benzene rings is 1. The van der Waals surface area contributed by atoms with Gasteiger partial charge in [-0.1, -0.05) is 0 Å². The van der Waals surface area contributed by atoms with Gasteiger partial charge in [0.05, 0.1) is 5.52 Å². The number of rotatable bonds is 3. The van der Waals surface area contributed by atoms with Gasteiger partial charge in [-0.05, 0) is 37.9 Å². The highest BCUT2D eigenvalue weighted by molar-refractivity contribution is 6.05. The van der Waals surface area contributed by atoms with Gasteiger partial charge < -0.3 is 20.9 Å². The Morgan fingerprint density at radius 3 is 2.91 bits per heavy atom. The molecule has 3 aliphatic heterocycles. The molecule has 3 fully saturated rings. The number of piperidine rings is 3. The van der Waals surface area contributed by atoms with E-state index in [-0.39, 0.29) is 11.9 Å². The number of aromatic nitrogens is 2. The van der Waals surface area contributed by atoms with E-state index in [0.29, 0.717) is 22.7 Å². The number of nitrogens with one attached hydrogen (secondary N) is 2. The third-order valence-corrected chi connectivity index (χ3v) is 4.91. The first-order valence-electron chi connectivity index (χ1n) is 7.71. The van der Waals surface area contributed by atoms with Crippen LogP contribution >= 0.6 is 0 Å². The molecule has 3 aliphatic rings. The highest BCUT2D eigenvalue weighted by atomic mass is 16.5. The molecule has 0 spiro atoms. The largest absolute Gasteiger partial charge is 0.630 e. The fourth-order valence-electron chi connectivity index (χ4n) is 3.64. The van der Waals surface area contributed by atoms with E-state index in [9.17, 15) is 10.0 Å². The molecule has 4 N–H and O–H groups in total. The number of hydrogen-bond acceptors (Lipinski definition) is 4. The molecule has 22 heavy (non-hydrogen) atoms. The Kier molecular flexibility index (Phi) is 3.33. The van der Waals surface area contributed by atoms with Crippen LogP contribution in [-0.2, 0) is 0 Å². The van der Waals surface area contributed by atoms with Crippen LogP contribution < -0.4 is 10.8 Å². The summed E-state index contributed by atoms with van der Waals surface area (Å²) in [6.07, 6.45) is 2.31. The summed E-state index contributed by atoms with van der Waals surface area (Å²) >= 11 is 0. The Morgan fingerprint density at radius 2 is 2.23 bits per heavy atom. The molecule has 0 unspecified atom stereocenters. The first kappa shape index (κ1) is 13.7. The third kappa shape index (κ3) is 2.27. The molecule has 0 saturated carbocycles. The zero-order valence-electron chi connectivity index (χ0n) is 12.2. The maximum absolute atomic E-state index is 12.6. The molecule has 7 heteroatoms. The van der Waals surface area contributed by atoms with Crippen molar-refractivity contribution in [3.63, 3.8) is 0 Å². The lowest BCUT2D eigenvalue weighted by Gasteiger charge is -2.44. The monoisotopic (exact) mass is 301 g/mol. The molecule has 0 radical (unpaired) electrons. The Morgan fingerprint density at radius 1 is 1.41 bits per heavy atom. The van der Waals surface area contributed by atoms with Crippen molar-refractivity contribution in [2.75, 3.05) is 19.6 Å². The Balaban J connectivity index is 1.57. The lowest BCUT2D eigenvalue weighted by molar-refractivity contribution is -0.497. The number of nitrogens with two attached hydrogens (primary N) is 1. The summed E-state index contributed by atoms with van der Waals surface area (Å²) in [5, 5.41) is 21.7. The van der Waals surface area contributed by atoms with Gasteiger partial charge in [0.2, 0.25) is 0 Å². The molecule has 3 saturated heterocycles. The topological polar surface area (TPSA) is 101 Å². The molecule has 1 aromatic heterocycles. The van der Waals surface area contributed by atoms with Crippen LogP contribution in [0.15, 0.2) is 18.2 Å². The highest BCUT2D eigenvalue weighted by Gasteiger charge is 2.35. The molecule has 2 aromatic rings. The van der Waals surface area contributed by atoms with Crippen LogP contribution in [0.1, 0.15) is 23.3 Å². The average molecular weight is 301 g/mol. The maximum atomic E-state index is 12.6. The normalized spacial score (nSPS) is 27.2. The second-order valence-electron chi connectivity index (χ2n) is 6.21. The summed E-state index contributed by atoms with van der Waals surface area (Å²) in [5.74, 6) is 0.415. The average Bonchev–Trinajstić information content (AvgIpc) is 2.99. The van der Waals surface area contributed by atoms with Crippen molar-refractivity contribution in [1.29, 1.82) is 0 Å². The van der Waals surface area contributed by atoms with Crippen LogP contribution in [-0.4, -0.2) is 46.7 Å². The van der Waals surface area contributed by atoms with Gasteiger partial charge in [-0.2, -0.15) is 5.10 Å². The van der Waals surface area contributed by atoms with Crippen LogP contribution in [0.3, 0.4) is 0 Å². The van der Waals surface area contributed by atoms with E-state index in [1.165, 1.54) is 0 Å². The van der Waals surface area contributed by atoms with Gasteiger partial charge in [0, 0.05) is 30.1 Å². The molecule has 1 atom stereocenters. The van der Waals surface area contributed by atoms with Crippen molar-refractivity contribution in [3.05, 3.63) is 29.1 Å². The minimum absolute atomic E-state index is 0.159. The first-order valence-corrected chi connectivity index (χ1v) is 7.71. The fourth-order valence-corrected chi connectivity index (χ4v) is 3.64. The molecular formula is C15H19N5O2. The smallest absolute Gasteiger partial charge is 0.272 e. The van der Waals surface area contributed by atoms with Gasteiger partial charge in [-0.15, -0.1) is 0 Å². The number of H-pyrrole nitrogens is 1. The van der Waals surface area contributed by atoms with E-state index in [1.807, 2.05) is 0 Å². The van der Waals surface area contributed by atoms with Crippen molar-refractivity contribution < 1.29 is 10.3 Å². The van der Waals surface area contributed by atoms with E-state index in [0.717, 1.165) is 43.5 Å². The van der Waals surface area contributed by atoms with E-state index in [2.05, 4.69) is 20.4 Å². The number of carbonyl (C=O) groups is 1. The Labute approximate surface area is 127 Å². The lowest BCUT2D eigenvalue weighted by atomic mass is 9.84. The zero-order valence-corrected chi connectivity index (χ0v) is 12.2. The van der Waals surface area contributed by atoms with Gasteiger partial charge in [0.15, 0.2) is 5.69 Å². The summed E-state index contributed by atoms with van der Waals surface area (Å²) in [4.78, 5) is 15.0. The van der Waals surface area contributed by atoms with Crippen LogP contribution in [0, 0.1) is 11.1 Å². The lowest BCUT2D eigenvalue weighted by Crippen LogP contribution is -2.70. The number of aromatic amines is 1. The van der Waals surface area contributed by atoms with Gasteiger partial charge in [0.1, 0.15) is 5.69 Å². The van der Waals surface area contributed by atoms with Crippen molar-refractivity contribution in [2.24, 2.45) is 5.92 Å². The number of nitrogens with zero attached hydrogens (tertiary/aromatic N) is 2. The van der Waals surface area contributed by atoms with Crippen molar-refractivity contribution in [3.8, 4) is 0 Å². The van der Waals surface area contributed by atoms with Crippen LogP contribution in [0.2, 0.25) is 0 Å². The third-order valence-electron chi connectivity index (χ3n) is 4.91. The fraction of sp³-hybridized carbons (Fsp3) is 0.467. The van der Waals surface area contributed by atoms with Crippen molar-refractivity contribution in [1.82, 2.24) is 20.4 Å².